The van der Waals surface area contributed by atoms with Crippen molar-refractivity contribution in [2.75, 3.05) is 20.1 Å². The van der Waals surface area contributed by atoms with Crippen LogP contribution in [0.5, 0.6) is 0 Å². The van der Waals surface area contributed by atoms with Crippen LogP contribution < -0.4 is 10.6 Å². The summed E-state index contributed by atoms with van der Waals surface area (Å²) < 4.78 is 2.02. The number of imidazole rings is 1. The molecule has 0 saturated carbocycles. The Balaban J connectivity index is 1.90. The molecule has 2 N–H and O–H groups in total. The number of aromatic nitrogens is 2. The third kappa shape index (κ3) is 5.59. The molecule has 0 saturated heterocycles. The maximum atomic E-state index is 4.34. The molecule has 0 aliphatic heterocycles. The average molecular weight is 357 g/mol. The molecular weight excluding hydrogens is 324 g/mol. The molecule has 0 aliphatic carbocycles. The third-order valence-electron chi connectivity index (χ3n) is 4.43. The summed E-state index contributed by atoms with van der Waals surface area (Å²) in [5, 5.41) is 6.82. The molecule has 2 aromatic rings. The van der Waals surface area contributed by atoms with Crippen LogP contribution in [0.15, 0.2) is 48.0 Å². The van der Waals surface area contributed by atoms with Gasteiger partial charge in [0, 0.05) is 51.2 Å². The number of aliphatic imine (C=N–C) groups is 1. The van der Waals surface area contributed by atoms with Gasteiger partial charge in [-0.2, -0.15) is 0 Å². The molecule has 0 amide bonds. The van der Waals surface area contributed by atoms with Gasteiger partial charge < -0.3 is 15.2 Å². The number of guanidine groups is 1. The minimum atomic E-state index is 0.536. The molecule has 0 bridgehead atoms. The number of hydrogen-bond acceptors (Lipinski definition) is 3. The first-order valence-corrected chi connectivity index (χ1v) is 9.29. The van der Waals surface area contributed by atoms with Crippen LogP contribution in [0, 0.1) is 0 Å². The van der Waals surface area contributed by atoms with E-state index in [9.17, 15) is 0 Å². The van der Waals surface area contributed by atoms with Crippen LogP contribution >= 0.6 is 0 Å². The molecule has 6 nitrogen and oxygen atoms in total. The lowest BCUT2D eigenvalue weighted by molar-refractivity contribution is 0.178. The summed E-state index contributed by atoms with van der Waals surface area (Å²) in [5.41, 5.74) is 2.32. The maximum absolute atomic E-state index is 4.34. The largest absolute Gasteiger partial charge is 0.355 e. The van der Waals surface area contributed by atoms with Crippen LogP contribution in [0.25, 0.3) is 5.69 Å². The zero-order valence-electron chi connectivity index (χ0n) is 16.6. The first kappa shape index (κ1) is 20.0. The second kappa shape index (κ2) is 9.97. The fourth-order valence-corrected chi connectivity index (χ4v) is 3.13. The van der Waals surface area contributed by atoms with Crippen molar-refractivity contribution in [3.63, 3.8) is 0 Å². The lowest BCUT2D eigenvalue weighted by Gasteiger charge is -2.30. The van der Waals surface area contributed by atoms with Gasteiger partial charge in [-0.3, -0.25) is 9.89 Å². The van der Waals surface area contributed by atoms with E-state index in [0.717, 1.165) is 24.7 Å². The molecule has 1 aromatic carbocycles. The van der Waals surface area contributed by atoms with Crippen molar-refractivity contribution in [1.82, 2.24) is 25.1 Å². The van der Waals surface area contributed by atoms with Crippen molar-refractivity contribution in [3.8, 4) is 5.69 Å². The highest BCUT2D eigenvalue weighted by Crippen LogP contribution is 2.13. The van der Waals surface area contributed by atoms with E-state index in [1.165, 1.54) is 5.56 Å². The van der Waals surface area contributed by atoms with Gasteiger partial charge >= 0.3 is 0 Å². The molecule has 0 spiro atoms. The summed E-state index contributed by atoms with van der Waals surface area (Å²) in [5.74, 6) is 0.817. The molecule has 0 aliphatic rings. The van der Waals surface area contributed by atoms with Crippen LogP contribution in [-0.4, -0.2) is 52.6 Å². The van der Waals surface area contributed by atoms with Gasteiger partial charge in [0.25, 0.3) is 0 Å². The quantitative estimate of drug-likeness (QED) is 0.564. The van der Waals surface area contributed by atoms with Gasteiger partial charge in [-0.25, -0.2) is 4.98 Å². The SMILES string of the molecule is CN=C(NCCN(C(C)C)C(C)C)NCc1ccccc1-n1ccnc1. The van der Waals surface area contributed by atoms with E-state index < -0.39 is 0 Å². The van der Waals surface area contributed by atoms with Gasteiger partial charge in [0.05, 0.1) is 12.0 Å². The molecule has 142 valence electrons. The van der Waals surface area contributed by atoms with E-state index in [2.05, 4.69) is 71.4 Å². The van der Waals surface area contributed by atoms with Gasteiger partial charge in [0.15, 0.2) is 5.96 Å². The molecule has 0 fully saturated rings. The third-order valence-corrected chi connectivity index (χ3v) is 4.43. The second-order valence-corrected chi connectivity index (χ2v) is 6.88. The Morgan fingerprint density at radius 1 is 1.15 bits per heavy atom. The normalized spacial score (nSPS) is 12.2. The molecule has 6 heteroatoms. The summed E-state index contributed by atoms with van der Waals surface area (Å²) in [6.07, 6.45) is 5.57. The van der Waals surface area contributed by atoms with Gasteiger partial charge in [-0.1, -0.05) is 18.2 Å². The van der Waals surface area contributed by atoms with Crippen LogP contribution in [0.1, 0.15) is 33.3 Å². The average Bonchev–Trinajstić information content (AvgIpc) is 3.15. The number of para-hydroxylation sites is 1. The van der Waals surface area contributed by atoms with Crippen LogP contribution in [-0.2, 0) is 6.54 Å². The van der Waals surface area contributed by atoms with Crippen molar-refractivity contribution in [1.29, 1.82) is 0 Å². The summed E-state index contributed by atoms with van der Waals surface area (Å²) in [7, 11) is 1.81. The Morgan fingerprint density at radius 2 is 1.88 bits per heavy atom. The zero-order chi connectivity index (χ0) is 18.9. The number of benzene rings is 1. The highest BCUT2D eigenvalue weighted by atomic mass is 15.2. The molecule has 0 unspecified atom stereocenters. The van der Waals surface area contributed by atoms with Gasteiger partial charge in [0.2, 0.25) is 0 Å². The van der Waals surface area contributed by atoms with Crippen LogP contribution in [0.4, 0.5) is 0 Å². The molecule has 26 heavy (non-hydrogen) atoms. The second-order valence-electron chi connectivity index (χ2n) is 6.88. The lowest BCUT2D eigenvalue weighted by Crippen LogP contribution is -2.45. The Labute approximate surface area is 157 Å². The molecule has 1 aromatic heterocycles. The Morgan fingerprint density at radius 3 is 2.50 bits per heavy atom. The first-order valence-electron chi connectivity index (χ1n) is 9.29. The number of rotatable bonds is 8. The van der Waals surface area contributed by atoms with E-state index in [1.54, 1.807) is 13.2 Å². The highest BCUT2D eigenvalue weighted by Gasteiger charge is 2.12. The maximum Gasteiger partial charge on any atom is 0.191 e. The van der Waals surface area contributed by atoms with E-state index in [1.807, 2.05) is 23.2 Å². The number of nitrogens with zero attached hydrogens (tertiary/aromatic N) is 4. The summed E-state index contributed by atoms with van der Waals surface area (Å²) in [6.45, 7) is 11.5. The summed E-state index contributed by atoms with van der Waals surface area (Å²) >= 11 is 0. The fourth-order valence-electron chi connectivity index (χ4n) is 3.13. The van der Waals surface area contributed by atoms with Crippen LogP contribution in [0.2, 0.25) is 0 Å². The Bertz CT molecular complexity index is 667. The number of hydrogen-bond donors (Lipinski definition) is 2. The van der Waals surface area contributed by atoms with Crippen molar-refractivity contribution < 1.29 is 0 Å². The van der Waals surface area contributed by atoms with Crippen molar-refractivity contribution >= 4 is 5.96 Å². The highest BCUT2D eigenvalue weighted by molar-refractivity contribution is 5.79. The molecule has 1 heterocycles. The van der Waals surface area contributed by atoms with E-state index in [4.69, 9.17) is 0 Å². The van der Waals surface area contributed by atoms with Gasteiger partial charge in [-0.15, -0.1) is 0 Å². The minimum Gasteiger partial charge on any atom is -0.355 e. The zero-order valence-corrected chi connectivity index (χ0v) is 16.6. The van der Waals surface area contributed by atoms with E-state index in [-0.39, 0.29) is 0 Å². The molecular formula is C20H32N6. The fraction of sp³-hybridized carbons (Fsp3) is 0.500. The van der Waals surface area contributed by atoms with Gasteiger partial charge in [-0.05, 0) is 39.3 Å². The Hall–Kier alpha value is -2.34. The Kier molecular flexibility index (Phi) is 7.66. The molecule has 0 radical (unpaired) electrons. The standard InChI is InChI=1S/C20H32N6/c1-16(2)26(17(3)4)13-11-23-20(21-5)24-14-18-8-6-7-9-19(18)25-12-10-22-15-25/h6-10,12,15-17H,11,13-14H2,1-5H3,(H2,21,23,24). The van der Waals surface area contributed by atoms with Crippen molar-refractivity contribution in [2.24, 2.45) is 4.99 Å². The number of nitrogens with one attached hydrogen (secondary N) is 2. The molecule has 2 rings (SSSR count). The summed E-state index contributed by atoms with van der Waals surface area (Å²) in [4.78, 5) is 10.9. The lowest BCUT2D eigenvalue weighted by atomic mass is 10.1. The predicted molar refractivity (Wildman–Crippen MR) is 109 cm³/mol. The first-order chi connectivity index (χ1) is 12.5. The predicted octanol–water partition coefficient (Wildman–Crippen LogP) is 2.66. The van der Waals surface area contributed by atoms with Crippen molar-refractivity contribution in [2.45, 2.75) is 46.3 Å². The van der Waals surface area contributed by atoms with Crippen LogP contribution in [0.3, 0.4) is 0 Å². The summed E-state index contributed by atoms with van der Waals surface area (Å²) in [6, 6.07) is 9.38. The molecule has 0 atom stereocenters. The smallest absolute Gasteiger partial charge is 0.191 e. The minimum absolute atomic E-state index is 0.536. The van der Waals surface area contributed by atoms with E-state index >= 15 is 0 Å². The van der Waals surface area contributed by atoms with Crippen molar-refractivity contribution in [3.05, 3.63) is 48.5 Å². The monoisotopic (exact) mass is 356 g/mol. The van der Waals surface area contributed by atoms with E-state index in [0.29, 0.717) is 18.6 Å². The topological polar surface area (TPSA) is 57.5 Å². The van der Waals surface area contributed by atoms with Gasteiger partial charge in [0.1, 0.15) is 0 Å².